The molecule has 0 bridgehead atoms. The molecule has 0 amide bonds. The van der Waals surface area contributed by atoms with Crippen molar-refractivity contribution < 1.29 is 24.2 Å². The molecule has 0 aliphatic carbocycles. The molecule has 1 unspecified atom stereocenters. The van der Waals surface area contributed by atoms with E-state index < -0.39 is 11.9 Å². The van der Waals surface area contributed by atoms with Crippen molar-refractivity contribution in [2.45, 2.75) is 12.8 Å². The number of rotatable bonds is 3. The van der Waals surface area contributed by atoms with E-state index in [2.05, 4.69) is 0 Å². The fourth-order valence-corrected chi connectivity index (χ4v) is 1.93. The summed E-state index contributed by atoms with van der Waals surface area (Å²) in [5.41, 5.74) is 0.402. The second-order valence-corrected chi connectivity index (χ2v) is 4.19. The SMILES string of the molecule is COC(=O)C(c1cc(O)cc(O)c1)c1ccc(C)o1. The van der Waals surface area contributed by atoms with Crippen molar-refractivity contribution in [1.29, 1.82) is 0 Å². The number of phenolic OH excluding ortho intramolecular Hbond substituents is 2. The maximum Gasteiger partial charge on any atom is 0.320 e. The first kappa shape index (κ1) is 13.0. The molecular weight excluding hydrogens is 248 g/mol. The number of carbonyl (C=O) groups is 1. The second kappa shape index (κ2) is 5.06. The summed E-state index contributed by atoms with van der Waals surface area (Å²) in [7, 11) is 1.27. The monoisotopic (exact) mass is 262 g/mol. The molecule has 0 aliphatic rings. The van der Waals surface area contributed by atoms with E-state index in [0.717, 1.165) is 0 Å². The zero-order chi connectivity index (χ0) is 14.0. The summed E-state index contributed by atoms with van der Waals surface area (Å²) in [6.45, 7) is 1.76. The highest BCUT2D eigenvalue weighted by atomic mass is 16.5. The first-order chi connectivity index (χ1) is 9.01. The molecule has 5 heteroatoms. The van der Waals surface area contributed by atoms with Crippen LogP contribution in [0.3, 0.4) is 0 Å². The topological polar surface area (TPSA) is 79.9 Å². The van der Waals surface area contributed by atoms with Gasteiger partial charge in [0.15, 0.2) is 0 Å². The number of phenols is 2. The quantitative estimate of drug-likeness (QED) is 0.830. The van der Waals surface area contributed by atoms with Gasteiger partial charge in [-0.15, -0.1) is 0 Å². The fourth-order valence-electron chi connectivity index (χ4n) is 1.93. The zero-order valence-electron chi connectivity index (χ0n) is 10.6. The molecule has 19 heavy (non-hydrogen) atoms. The Labute approximate surface area is 110 Å². The normalized spacial score (nSPS) is 12.1. The molecule has 2 rings (SSSR count). The lowest BCUT2D eigenvalue weighted by Crippen LogP contribution is -2.15. The molecule has 5 nitrogen and oxygen atoms in total. The van der Waals surface area contributed by atoms with Gasteiger partial charge in [0.25, 0.3) is 0 Å². The largest absolute Gasteiger partial charge is 0.508 e. The average molecular weight is 262 g/mol. The number of aromatic hydroxyl groups is 2. The number of methoxy groups -OCH3 is 1. The van der Waals surface area contributed by atoms with E-state index >= 15 is 0 Å². The minimum Gasteiger partial charge on any atom is -0.508 e. The Morgan fingerprint density at radius 3 is 2.32 bits per heavy atom. The molecule has 1 aromatic heterocycles. The first-order valence-corrected chi connectivity index (χ1v) is 5.68. The van der Waals surface area contributed by atoms with Gasteiger partial charge in [-0.2, -0.15) is 0 Å². The summed E-state index contributed by atoms with van der Waals surface area (Å²) < 4.78 is 10.2. The third kappa shape index (κ3) is 2.70. The Balaban J connectivity index is 2.51. The van der Waals surface area contributed by atoms with E-state index in [4.69, 9.17) is 9.15 Å². The van der Waals surface area contributed by atoms with Crippen molar-refractivity contribution in [2.24, 2.45) is 0 Å². The molecule has 0 saturated heterocycles. The summed E-state index contributed by atoms with van der Waals surface area (Å²) in [6, 6.07) is 7.36. The molecule has 1 atom stereocenters. The minimum absolute atomic E-state index is 0.132. The summed E-state index contributed by atoms with van der Waals surface area (Å²) in [4.78, 5) is 11.9. The average Bonchev–Trinajstić information content (AvgIpc) is 2.74. The lowest BCUT2D eigenvalue weighted by atomic mass is 9.96. The van der Waals surface area contributed by atoms with Crippen LogP contribution in [0.2, 0.25) is 0 Å². The van der Waals surface area contributed by atoms with Crippen molar-refractivity contribution >= 4 is 5.97 Å². The lowest BCUT2D eigenvalue weighted by molar-refractivity contribution is -0.141. The van der Waals surface area contributed by atoms with Crippen LogP contribution >= 0.6 is 0 Å². The van der Waals surface area contributed by atoms with Crippen molar-refractivity contribution in [2.75, 3.05) is 7.11 Å². The summed E-state index contributed by atoms with van der Waals surface area (Å²) in [6.07, 6.45) is 0. The Morgan fingerprint density at radius 2 is 1.84 bits per heavy atom. The number of ether oxygens (including phenoxy) is 1. The Morgan fingerprint density at radius 1 is 1.21 bits per heavy atom. The number of hydrogen-bond donors (Lipinski definition) is 2. The first-order valence-electron chi connectivity index (χ1n) is 5.68. The molecule has 1 aromatic carbocycles. The van der Waals surface area contributed by atoms with E-state index in [-0.39, 0.29) is 11.5 Å². The maximum atomic E-state index is 11.9. The van der Waals surface area contributed by atoms with Crippen LogP contribution in [0.1, 0.15) is 23.0 Å². The van der Waals surface area contributed by atoms with Gasteiger partial charge in [-0.3, -0.25) is 4.79 Å². The molecule has 0 radical (unpaired) electrons. The Bertz CT molecular complexity index is 579. The Kier molecular flexibility index (Phi) is 3.46. The fraction of sp³-hybridized carbons (Fsp3) is 0.214. The van der Waals surface area contributed by atoms with Gasteiger partial charge in [0, 0.05) is 6.07 Å². The molecule has 100 valence electrons. The molecule has 1 heterocycles. The number of hydrogen-bond acceptors (Lipinski definition) is 5. The van der Waals surface area contributed by atoms with Crippen LogP contribution in [-0.2, 0) is 9.53 Å². The van der Waals surface area contributed by atoms with Crippen molar-refractivity contribution in [1.82, 2.24) is 0 Å². The van der Waals surface area contributed by atoms with Gasteiger partial charge >= 0.3 is 5.97 Å². The number of furan rings is 1. The highest BCUT2D eigenvalue weighted by Crippen LogP contribution is 2.32. The predicted molar refractivity (Wildman–Crippen MR) is 67.1 cm³/mol. The summed E-state index contributed by atoms with van der Waals surface area (Å²) >= 11 is 0. The van der Waals surface area contributed by atoms with E-state index in [1.807, 2.05) is 0 Å². The molecule has 2 N–H and O–H groups in total. The van der Waals surface area contributed by atoms with Gasteiger partial charge in [-0.05, 0) is 36.8 Å². The molecule has 2 aromatic rings. The van der Waals surface area contributed by atoms with E-state index in [1.165, 1.54) is 25.3 Å². The van der Waals surface area contributed by atoms with E-state index in [1.54, 1.807) is 19.1 Å². The van der Waals surface area contributed by atoms with Crippen LogP contribution in [0.15, 0.2) is 34.7 Å². The minimum atomic E-state index is -0.823. The predicted octanol–water partition coefficient (Wildman–Crippen LogP) is 2.30. The molecule has 0 saturated carbocycles. The highest BCUT2D eigenvalue weighted by Gasteiger charge is 2.27. The summed E-state index contributed by atoms with van der Waals surface area (Å²) in [5.74, 6) is -0.557. The van der Waals surface area contributed by atoms with E-state index in [0.29, 0.717) is 17.1 Å². The number of carbonyl (C=O) groups excluding carboxylic acids is 1. The third-order valence-corrected chi connectivity index (χ3v) is 2.74. The molecule has 0 aliphatic heterocycles. The molecule has 0 fully saturated rings. The molecule has 0 spiro atoms. The zero-order valence-corrected chi connectivity index (χ0v) is 10.6. The van der Waals surface area contributed by atoms with Gasteiger partial charge in [0.05, 0.1) is 7.11 Å². The van der Waals surface area contributed by atoms with Crippen LogP contribution in [0.25, 0.3) is 0 Å². The number of benzene rings is 1. The van der Waals surface area contributed by atoms with Crippen molar-refractivity contribution in [3.63, 3.8) is 0 Å². The van der Waals surface area contributed by atoms with Crippen LogP contribution in [-0.4, -0.2) is 23.3 Å². The number of aryl methyl sites for hydroxylation is 1. The molecular formula is C14H14O5. The van der Waals surface area contributed by atoms with Crippen molar-refractivity contribution in [3.8, 4) is 11.5 Å². The smallest absolute Gasteiger partial charge is 0.320 e. The van der Waals surface area contributed by atoms with Gasteiger partial charge in [-0.1, -0.05) is 0 Å². The number of esters is 1. The standard InChI is InChI=1S/C14H14O5/c1-8-3-4-12(19-8)13(14(17)18-2)9-5-10(15)7-11(16)6-9/h3-7,13,15-16H,1-2H3. The van der Waals surface area contributed by atoms with Gasteiger partial charge < -0.3 is 19.4 Å². The highest BCUT2D eigenvalue weighted by molar-refractivity contribution is 5.81. The maximum absolute atomic E-state index is 11.9. The van der Waals surface area contributed by atoms with Crippen molar-refractivity contribution in [3.05, 3.63) is 47.4 Å². The van der Waals surface area contributed by atoms with Crippen LogP contribution in [0.4, 0.5) is 0 Å². The van der Waals surface area contributed by atoms with Crippen LogP contribution < -0.4 is 0 Å². The van der Waals surface area contributed by atoms with Crippen LogP contribution in [0.5, 0.6) is 11.5 Å². The van der Waals surface area contributed by atoms with Gasteiger partial charge in [0.1, 0.15) is 28.9 Å². The lowest BCUT2D eigenvalue weighted by Gasteiger charge is -2.13. The summed E-state index contributed by atoms with van der Waals surface area (Å²) in [5, 5.41) is 19.0. The van der Waals surface area contributed by atoms with Gasteiger partial charge in [0.2, 0.25) is 0 Å². The van der Waals surface area contributed by atoms with Gasteiger partial charge in [-0.25, -0.2) is 0 Å². The second-order valence-electron chi connectivity index (χ2n) is 4.19. The third-order valence-electron chi connectivity index (χ3n) is 2.74. The van der Waals surface area contributed by atoms with Crippen LogP contribution in [0, 0.1) is 6.92 Å². The Hall–Kier alpha value is -2.43. The van der Waals surface area contributed by atoms with E-state index in [9.17, 15) is 15.0 Å².